The van der Waals surface area contributed by atoms with Gasteiger partial charge in [0.25, 0.3) is 15.9 Å². The number of hydrogen-bond acceptors (Lipinski definition) is 4. The molecule has 0 spiro atoms. The molecule has 0 aliphatic carbocycles. The van der Waals surface area contributed by atoms with Crippen LogP contribution in [0.2, 0.25) is 0 Å². The van der Waals surface area contributed by atoms with Gasteiger partial charge in [-0.2, -0.15) is 0 Å². The summed E-state index contributed by atoms with van der Waals surface area (Å²) in [5, 5.41) is 2.75. The number of aryl methyl sites for hydroxylation is 2. The van der Waals surface area contributed by atoms with E-state index in [2.05, 4.69) is 5.32 Å². The summed E-state index contributed by atoms with van der Waals surface area (Å²) in [6.07, 6.45) is 0. The fraction of sp³-hybridized carbons (Fsp3) is 0.208. The molecule has 0 bridgehead atoms. The van der Waals surface area contributed by atoms with E-state index >= 15 is 0 Å². The number of carbonyl (C=O) groups excluding carboxylic acids is 1. The van der Waals surface area contributed by atoms with E-state index in [9.17, 15) is 13.2 Å². The van der Waals surface area contributed by atoms with Gasteiger partial charge >= 0.3 is 0 Å². The van der Waals surface area contributed by atoms with Gasteiger partial charge in [-0.15, -0.1) is 0 Å². The molecular weight excluding hydrogens is 412 g/mol. The average Bonchev–Trinajstić information content (AvgIpc) is 2.78. The number of carbonyl (C=O) groups is 1. The van der Waals surface area contributed by atoms with Gasteiger partial charge in [-0.3, -0.25) is 9.10 Å². The van der Waals surface area contributed by atoms with Crippen LogP contribution in [0, 0.1) is 13.8 Å². The van der Waals surface area contributed by atoms with Crippen LogP contribution in [-0.4, -0.2) is 34.5 Å². The van der Waals surface area contributed by atoms with Crippen LogP contribution >= 0.6 is 0 Å². The number of rotatable bonds is 8. The minimum Gasteiger partial charge on any atom is -0.492 e. The topological polar surface area (TPSA) is 75.7 Å². The zero-order valence-corrected chi connectivity index (χ0v) is 18.6. The summed E-state index contributed by atoms with van der Waals surface area (Å²) in [6, 6.07) is 20.9. The van der Waals surface area contributed by atoms with Crippen molar-refractivity contribution in [2.75, 3.05) is 24.5 Å². The molecule has 31 heavy (non-hydrogen) atoms. The van der Waals surface area contributed by atoms with Crippen molar-refractivity contribution in [3.8, 4) is 5.75 Å². The molecule has 162 valence electrons. The Morgan fingerprint density at radius 1 is 0.935 bits per heavy atom. The molecule has 3 aromatic rings. The Balaban J connectivity index is 1.63. The predicted octanol–water partition coefficient (Wildman–Crippen LogP) is 3.94. The highest BCUT2D eigenvalue weighted by atomic mass is 32.2. The van der Waals surface area contributed by atoms with Crippen molar-refractivity contribution in [3.05, 3.63) is 89.5 Å². The number of benzene rings is 3. The quantitative estimate of drug-likeness (QED) is 0.541. The Morgan fingerprint density at radius 3 is 2.19 bits per heavy atom. The smallest absolute Gasteiger partial charge is 0.264 e. The van der Waals surface area contributed by atoms with Gasteiger partial charge in [0.1, 0.15) is 12.4 Å². The van der Waals surface area contributed by atoms with E-state index in [0.717, 1.165) is 16.9 Å². The third kappa shape index (κ3) is 5.64. The molecule has 0 saturated carbocycles. The maximum Gasteiger partial charge on any atom is 0.264 e. The minimum absolute atomic E-state index is 0.0548. The third-order valence-corrected chi connectivity index (χ3v) is 6.61. The Morgan fingerprint density at radius 2 is 1.55 bits per heavy atom. The summed E-state index contributed by atoms with van der Waals surface area (Å²) < 4.78 is 32.8. The highest BCUT2D eigenvalue weighted by molar-refractivity contribution is 7.92. The molecule has 1 N–H and O–H groups in total. The van der Waals surface area contributed by atoms with Crippen molar-refractivity contribution >= 4 is 21.6 Å². The minimum atomic E-state index is -3.80. The standard InChI is InChI=1S/C24H26N2O4S/c1-18-7-11-21(12-8-18)26(3)31(28,29)23-6-4-5-20(17-23)24(27)25-15-16-30-22-13-9-19(2)10-14-22/h4-14,17H,15-16H2,1-3H3,(H,25,27). The Kier molecular flexibility index (Phi) is 6.97. The van der Waals surface area contributed by atoms with Gasteiger partial charge in [0, 0.05) is 12.6 Å². The molecule has 0 saturated heterocycles. The first-order valence-corrected chi connectivity index (χ1v) is 11.3. The van der Waals surface area contributed by atoms with Crippen LogP contribution in [0.1, 0.15) is 21.5 Å². The van der Waals surface area contributed by atoms with Crippen molar-refractivity contribution in [1.29, 1.82) is 0 Å². The molecular formula is C24H26N2O4S. The Hall–Kier alpha value is -3.32. The SMILES string of the molecule is Cc1ccc(OCCNC(=O)c2cccc(S(=O)(=O)N(C)c3ccc(C)cc3)c2)cc1. The molecule has 3 aromatic carbocycles. The summed E-state index contributed by atoms with van der Waals surface area (Å²) in [4.78, 5) is 12.5. The lowest BCUT2D eigenvalue weighted by atomic mass is 10.2. The van der Waals surface area contributed by atoms with Crippen molar-refractivity contribution in [3.63, 3.8) is 0 Å². The molecule has 1 amide bonds. The van der Waals surface area contributed by atoms with Crippen molar-refractivity contribution in [2.24, 2.45) is 0 Å². The van der Waals surface area contributed by atoms with E-state index in [0.29, 0.717) is 18.8 Å². The monoisotopic (exact) mass is 438 g/mol. The first kappa shape index (κ1) is 22.4. The van der Waals surface area contributed by atoms with Crippen LogP contribution in [0.25, 0.3) is 0 Å². The molecule has 0 radical (unpaired) electrons. The summed E-state index contributed by atoms with van der Waals surface area (Å²) in [5.41, 5.74) is 3.01. The number of sulfonamides is 1. The van der Waals surface area contributed by atoms with Crippen LogP contribution in [-0.2, 0) is 10.0 Å². The first-order valence-electron chi connectivity index (χ1n) is 9.91. The van der Waals surface area contributed by atoms with E-state index in [1.54, 1.807) is 24.3 Å². The molecule has 0 heterocycles. The molecule has 6 nitrogen and oxygen atoms in total. The van der Waals surface area contributed by atoms with Crippen LogP contribution in [0.5, 0.6) is 5.75 Å². The second kappa shape index (κ2) is 9.66. The first-order chi connectivity index (χ1) is 14.8. The number of nitrogens with one attached hydrogen (secondary N) is 1. The maximum atomic E-state index is 13.0. The molecule has 0 aliphatic heterocycles. The summed E-state index contributed by atoms with van der Waals surface area (Å²) in [5.74, 6) is 0.370. The molecule has 0 fully saturated rings. The highest BCUT2D eigenvalue weighted by Gasteiger charge is 2.22. The van der Waals surface area contributed by atoms with Crippen molar-refractivity contribution < 1.29 is 17.9 Å². The van der Waals surface area contributed by atoms with Gasteiger partial charge in [0.2, 0.25) is 0 Å². The second-order valence-electron chi connectivity index (χ2n) is 7.25. The van der Waals surface area contributed by atoms with E-state index in [-0.39, 0.29) is 16.4 Å². The van der Waals surface area contributed by atoms with Crippen LogP contribution in [0.4, 0.5) is 5.69 Å². The van der Waals surface area contributed by atoms with Gasteiger partial charge in [0.05, 0.1) is 17.1 Å². The van der Waals surface area contributed by atoms with Crippen molar-refractivity contribution in [1.82, 2.24) is 5.32 Å². The molecule has 0 atom stereocenters. The zero-order valence-electron chi connectivity index (χ0n) is 17.8. The van der Waals surface area contributed by atoms with Crippen LogP contribution < -0.4 is 14.4 Å². The Labute approximate surface area is 183 Å². The average molecular weight is 439 g/mol. The van der Waals surface area contributed by atoms with Gasteiger partial charge in [-0.05, 0) is 56.3 Å². The number of ether oxygens (including phenoxy) is 1. The van der Waals surface area contributed by atoms with E-state index in [1.165, 1.54) is 23.5 Å². The zero-order chi connectivity index (χ0) is 22.4. The second-order valence-corrected chi connectivity index (χ2v) is 9.22. The highest BCUT2D eigenvalue weighted by Crippen LogP contribution is 2.23. The lowest BCUT2D eigenvalue weighted by Gasteiger charge is -2.20. The van der Waals surface area contributed by atoms with E-state index in [4.69, 9.17) is 4.74 Å². The van der Waals surface area contributed by atoms with Gasteiger partial charge in [-0.25, -0.2) is 8.42 Å². The fourth-order valence-electron chi connectivity index (χ4n) is 2.92. The lowest BCUT2D eigenvalue weighted by Crippen LogP contribution is -2.29. The Bertz CT molecular complexity index is 1140. The maximum absolute atomic E-state index is 13.0. The molecule has 0 unspecified atom stereocenters. The molecule has 0 aromatic heterocycles. The summed E-state index contributed by atoms with van der Waals surface area (Å²) in [6.45, 7) is 4.54. The van der Waals surface area contributed by atoms with Gasteiger partial charge in [0.15, 0.2) is 0 Å². The third-order valence-electron chi connectivity index (χ3n) is 4.83. The van der Waals surface area contributed by atoms with Crippen LogP contribution in [0.3, 0.4) is 0 Å². The summed E-state index contributed by atoms with van der Waals surface area (Å²) >= 11 is 0. The number of hydrogen-bond donors (Lipinski definition) is 1. The van der Waals surface area contributed by atoms with Crippen LogP contribution in [0.15, 0.2) is 77.7 Å². The molecule has 3 rings (SSSR count). The molecule has 7 heteroatoms. The van der Waals surface area contributed by atoms with Gasteiger partial charge < -0.3 is 10.1 Å². The normalized spacial score (nSPS) is 11.1. The van der Waals surface area contributed by atoms with Crippen molar-refractivity contribution in [2.45, 2.75) is 18.7 Å². The number of amides is 1. The number of nitrogens with zero attached hydrogens (tertiary/aromatic N) is 1. The van der Waals surface area contributed by atoms with E-state index in [1.807, 2.05) is 50.2 Å². The fourth-order valence-corrected chi connectivity index (χ4v) is 4.16. The van der Waals surface area contributed by atoms with Gasteiger partial charge in [-0.1, -0.05) is 41.5 Å². The largest absolute Gasteiger partial charge is 0.492 e. The van der Waals surface area contributed by atoms with E-state index < -0.39 is 10.0 Å². The lowest BCUT2D eigenvalue weighted by molar-refractivity contribution is 0.0947. The predicted molar refractivity (Wildman–Crippen MR) is 122 cm³/mol. The number of anilines is 1. The molecule has 0 aliphatic rings. The summed E-state index contributed by atoms with van der Waals surface area (Å²) in [7, 11) is -2.30.